The lowest BCUT2D eigenvalue weighted by atomic mass is 10.1. The summed E-state index contributed by atoms with van der Waals surface area (Å²) in [4.78, 5) is 12.2. The summed E-state index contributed by atoms with van der Waals surface area (Å²) >= 11 is 0. The summed E-state index contributed by atoms with van der Waals surface area (Å²) in [5.41, 5.74) is 1.62. The van der Waals surface area contributed by atoms with E-state index in [2.05, 4.69) is 5.32 Å². The first-order chi connectivity index (χ1) is 10.0. The largest absolute Gasteiger partial charge is 0.396 e. The molecule has 0 aliphatic carbocycles. The van der Waals surface area contributed by atoms with E-state index in [9.17, 15) is 13.2 Å². The predicted octanol–water partition coefficient (Wildman–Crippen LogP) is 1.52. The van der Waals surface area contributed by atoms with Gasteiger partial charge < -0.3 is 10.4 Å². The molecular formula is C15H21NO4S. The molecule has 116 valence electrons. The van der Waals surface area contributed by atoms with E-state index in [1.165, 1.54) is 0 Å². The third kappa shape index (κ3) is 4.28. The number of amides is 1. The van der Waals surface area contributed by atoms with Crippen molar-refractivity contribution in [2.45, 2.75) is 37.4 Å². The maximum absolute atomic E-state index is 12.2. The van der Waals surface area contributed by atoms with Crippen molar-refractivity contribution in [2.75, 3.05) is 17.7 Å². The highest BCUT2D eigenvalue weighted by atomic mass is 32.2. The van der Waals surface area contributed by atoms with Gasteiger partial charge in [0.25, 0.3) is 0 Å². The van der Waals surface area contributed by atoms with E-state index in [4.69, 9.17) is 5.11 Å². The minimum Gasteiger partial charge on any atom is -0.396 e. The molecule has 1 aromatic carbocycles. The van der Waals surface area contributed by atoms with E-state index in [-0.39, 0.29) is 12.4 Å². The molecule has 0 bridgehead atoms. The number of hydrogen-bond donors (Lipinski definition) is 2. The van der Waals surface area contributed by atoms with Crippen molar-refractivity contribution in [3.63, 3.8) is 0 Å². The molecule has 1 unspecified atom stereocenters. The number of benzene rings is 1. The first kappa shape index (κ1) is 16.0. The zero-order chi connectivity index (χ0) is 15.3. The van der Waals surface area contributed by atoms with Crippen LogP contribution in [-0.4, -0.2) is 37.0 Å². The van der Waals surface area contributed by atoms with Crippen LogP contribution in [0.1, 0.15) is 31.2 Å². The summed E-state index contributed by atoms with van der Waals surface area (Å²) in [6, 6.07) is 7.30. The Morgan fingerprint density at radius 3 is 2.86 bits per heavy atom. The number of aliphatic hydroxyl groups excluding tert-OH is 1. The zero-order valence-electron chi connectivity index (χ0n) is 11.9. The smallest absolute Gasteiger partial charge is 0.242 e. The Hall–Kier alpha value is -1.40. The molecular weight excluding hydrogens is 290 g/mol. The Bertz CT molecular complexity index is 597. The van der Waals surface area contributed by atoms with Gasteiger partial charge in [0.05, 0.1) is 5.75 Å². The van der Waals surface area contributed by atoms with Crippen molar-refractivity contribution in [2.24, 2.45) is 0 Å². The number of aryl methyl sites for hydroxylation is 1. The molecule has 0 aromatic heterocycles. The van der Waals surface area contributed by atoms with Crippen LogP contribution < -0.4 is 5.32 Å². The Balaban J connectivity index is 2.05. The molecule has 1 aliphatic rings. The van der Waals surface area contributed by atoms with Crippen LogP contribution in [0.3, 0.4) is 0 Å². The number of sulfone groups is 1. The van der Waals surface area contributed by atoms with Gasteiger partial charge in [-0.1, -0.05) is 18.6 Å². The molecule has 0 saturated carbocycles. The van der Waals surface area contributed by atoms with Crippen molar-refractivity contribution in [3.05, 3.63) is 29.8 Å². The number of hydrogen-bond acceptors (Lipinski definition) is 4. The second-order valence-electron chi connectivity index (χ2n) is 5.37. The van der Waals surface area contributed by atoms with Crippen molar-refractivity contribution >= 4 is 21.4 Å². The lowest BCUT2D eigenvalue weighted by molar-refractivity contribution is -0.116. The topological polar surface area (TPSA) is 83.5 Å². The quantitative estimate of drug-likeness (QED) is 0.863. The highest BCUT2D eigenvalue weighted by Crippen LogP contribution is 2.21. The third-order valence-electron chi connectivity index (χ3n) is 3.69. The van der Waals surface area contributed by atoms with E-state index in [1.54, 1.807) is 6.07 Å². The molecule has 1 aromatic rings. The summed E-state index contributed by atoms with van der Waals surface area (Å²) in [5, 5.41) is 10.6. The minimum atomic E-state index is -3.31. The highest BCUT2D eigenvalue weighted by Gasteiger charge is 2.34. The highest BCUT2D eigenvalue weighted by molar-refractivity contribution is 7.92. The van der Waals surface area contributed by atoms with E-state index < -0.39 is 21.0 Å². The van der Waals surface area contributed by atoms with Gasteiger partial charge in [-0.25, -0.2) is 8.42 Å². The summed E-state index contributed by atoms with van der Waals surface area (Å²) in [6.07, 6.45) is 3.20. The van der Waals surface area contributed by atoms with Crippen LogP contribution in [-0.2, 0) is 21.1 Å². The van der Waals surface area contributed by atoms with E-state index >= 15 is 0 Å². The fourth-order valence-corrected chi connectivity index (χ4v) is 4.36. The average molecular weight is 311 g/mol. The van der Waals surface area contributed by atoms with Crippen LogP contribution in [0.25, 0.3) is 0 Å². The van der Waals surface area contributed by atoms with Gasteiger partial charge in [0.15, 0.2) is 9.84 Å². The summed E-state index contributed by atoms with van der Waals surface area (Å²) < 4.78 is 23.9. The van der Waals surface area contributed by atoms with E-state index in [0.717, 1.165) is 18.4 Å². The van der Waals surface area contributed by atoms with Crippen LogP contribution in [0.2, 0.25) is 0 Å². The lowest BCUT2D eigenvalue weighted by Crippen LogP contribution is -2.39. The van der Waals surface area contributed by atoms with Gasteiger partial charge in [-0.3, -0.25) is 4.79 Å². The fourth-order valence-electron chi connectivity index (χ4n) is 2.56. The molecule has 6 heteroatoms. The molecule has 2 rings (SSSR count). The molecule has 0 radical (unpaired) electrons. The molecule has 1 fully saturated rings. The molecule has 1 aliphatic heterocycles. The molecule has 1 heterocycles. The van der Waals surface area contributed by atoms with Gasteiger partial charge in [0.2, 0.25) is 5.91 Å². The van der Waals surface area contributed by atoms with Gasteiger partial charge in [0.1, 0.15) is 5.25 Å². The van der Waals surface area contributed by atoms with Gasteiger partial charge in [-0.05, 0) is 43.4 Å². The zero-order valence-corrected chi connectivity index (χ0v) is 12.7. The summed E-state index contributed by atoms with van der Waals surface area (Å²) in [7, 11) is -3.31. The van der Waals surface area contributed by atoms with Crippen LogP contribution in [0.5, 0.6) is 0 Å². The van der Waals surface area contributed by atoms with Crippen molar-refractivity contribution in [3.8, 4) is 0 Å². The Labute approximate surface area is 125 Å². The molecule has 2 N–H and O–H groups in total. The second-order valence-corrected chi connectivity index (χ2v) is 7.67. The molecule has 1 amide bonds. The summed E-state index contributed by atoms with van der Waals surface area (Å²) in [6.45, 7) is 0.122. The predicted molar refractivity (Wildman–Crippen MR) is 81.9 cm³/mol. The maximum Gasteiger partial charge on any atom is 0.242 e. The Morgan fingerprint density at radius 2 is 2.14 bits per heavy atom. The first-order valence-electron chi connectivity index (χ1n) is 7.25. The monoisotopic (exact) mass is 311 g/mol. The maximum atomic E-state index is 12.2. The van der Waals surface area contributed by atoms with Crippen LogP contribution in [0.15, 0.2) is 24.3 Å². The number of anilines is 1. The second kappa shape index (κ2) is 7.04. The molecule has 0 spiro atoms. The molecule has 1 atom stereocenters. The van der Waals surface area contributed by atoms with Crippen LogP contribution in [0.4, 0.5) is 5.69 Å². The van der Waals surface area contributed by atoms with Gasteiger partial charge >= 0.3 is 0 Å². The fraction of sp³-hybridized carbons (Fsp3) is 0.533. The lowest BCUT2D eigenvalue weighted by Gasteiger charge is -2.21. The summed E-state index contributed by atoms with van der Waals surface area (Å²) in [5.74, 6) is -0.337. The number of rotatable bonds is 5. The van der Waals surface area contributed by atoms with Gasteiger partial charge in [0, 0.05) is 12.3 Å². The number of carbonyl (C=O) groups excluding carboxylic acids is 1. The van der Waals surface area contributed by atoms with Crippen molar-refractivity contribution in [1.82, 2.24) is 0 Å². The molecule has 21 heavy (non-hydrogen) atoms. The van der Waals surface area contributed by atoms with Gasteiger partial charge in [-0.2, -0.15) is 0 Å². The minimum absolute atomic E-state index is 0.0988. The standard InChI is InChI=1S/C15H21NO4S/c17-9-4-6-12-5-3-7-13(11-12)16-15(18)14-8-1-2-10-21(14,19)20/h3,5,7,11,14,17H,1-2,4,6,8-10H2,(H,16,18). The van der Waals surface area contributed by atoms with Gasteiger partial charge in [-0.15, -0.1) is 0 Å². The number of carbonyl (C=O) groups is 1. The van der Waals surface area contributed by atoms with E-state index in [1.807, 2.05) is 18.2 Å². The normalized spacial score (nSPS) is 20.9. The average Bonchev–Trinajstić information content (AvgIpc) is 2.45. The SMILES string of the molecule is O=C(Nc1cccc(CCCO)c1)C1CCCCS1(=O)=O. The molecule has 5 nitrogen and oxygen atoms in total. The Kier molecular flexibility index (Phi) is 5.36. The van der Waals surface area contributed by atoms with Crippen LogP contribution >= 0.6 is 0 Å². The third-order valence-corrected chi connectivity index (χ3v) is 5.86. The van der Waals surface area contributed by atoms with Crippen molar-refractivity contribution in [1.29, 1.82) is 0 Å². The van der Waals surface area contributed by atoms with E-state index in [0.29, 0.717) is 24.9 Å². The number of aliphatic hydroxyl groups is 1. The Morgan fingerprint density at radius 1 is 1.33 bits per heavy atom. The molecule has 1 saturated heterocycles. The van der Waals surface area contributed by atoms with Crippen molar-refractivity contribution < 1.29 is 18.3 Å². The first-order valence-corrected chi connectivity index (χ1v) is 8.97. The number of nitrogens with one attached hydrogen (secondary N) is 1. The van der Waals surface area contributed by atoms with Crippen LogP contribution in [0, 0.1) is 0 Å².